The molecule has 0 radical (unpaired) electrons. The lowest BCUT2D eigenvalue weighted by Crippen LogP contribution is -2.23. The van der Waals surface area contributed by atoms with Crippen LogP contribution in [0.2, 0.25) is 0 Å². The molecule has 1 aromatic heterocycles. The molecule has 1 fully saturated rings. The zero-order valence-corrected chi connectivity index (χ0v) is 13.0. The zero-order valence-electron chi connectivity index (χ0n) is 13.0. The summed E-state index contributed by atoms with van der Waals surface area (Å²) < 4.78 is 7.65. The van der Waals surface area contributed by atoms with E-state index in [4.69, 9.17) is 4.74 Å². The van der Waals surface area contributed by atoms with Crippen LogP contribution in [-0.4, -0.2) is 28.6 Å². The summed E-state index contributed by atoms with van der Waals surface area (Å²) >= 11 is 0. The summed E-state index contributed by atoms with van der Waals surface area (Å²) in [5.74, 6) is 0.913. The van der Waals surface area contributed by atoms with E-state index in [-0.39, 0.29) is 0 Å². The third-order valence-electron chi connectivity index (χ3n) is 4.34. The van der Waals surface area contributed by atoms with Crippen LogP contribution in [0.4, 0.5) is 0 Å². The van der Waals surface area contributed by atoms with Gasteiger partial charge in [-0.25, -0.2) is 4.98 Å². The molecule has 1 saturated carbocycles. The molecule has 1 atom stereocenters. The first-order valence-corrected chi connectivity index (χ1v) is 7.54. The van der Waals surface area contributed by atoms with Crippen molar-refractivity contribution >= 4 is 0 Å². The maximum Gasteiger partial charge on any atom is 0.119 e. The van der Waals surface area contributed by atoms with Gasteiger partial charge in [0.2, 0.25) is 0 Å². The van der Waals surface area contributed by atoms with E-state index in [1.54, 1.807) is 7.11 Å². The number of ether oxygens (including phenoxy) is 1. The fourth-order valence-electron chi connectivity index (χ4n) is 2.68. The number of hydrogen-bond acceptors (Lipinski definition) is 3. The Hall–Kier alpha value is -1.81. The maximum absolute atomic E-state index is 5.32. The highest BCUT2D eigenvalue weighted by atomic mass is 16.5. The van der Waals surface area contributed by atoms with Gasteiger partial charge in [-0.1, -0.05) is 12.1 Å². The van der Waals surface area contributed by atoms with Gasteiger partial charge in [-0.05, 0) is 44.5 Å². The van der Waals surface area contributed by atoms with Crippen molar-refractivity contribution in [1.82, 2.24) is 14.5 Å². The van der Waals surface area contributed by atoms with Crippen molar-refractivity contribution in [2.45, 2.75) is 38.4 Å². The molecule has 3 rings (SSSR count). The van der Waals surface area contributed by atoms with Gasteiger partial charge >= 0.3 is 0 Å². The van der Waals surface area contributed by atoms with Crippen LogP contribution < -0.4 is 4.74 Å². The number of aromatic nitrogens is 2. The third-order valence-corrected chi connectivity index (χ3v) is 4.34. The average Bonchev–Trinajstić information content (AvgIpc) is 3.26. The molecule has 21 heavy (non-hydrogen) atoms. The number of nitrogens with zero attached hydrogens (tertiary/aromatic N) is 3. The van der Waals surface area contributed by atoms with Gasteiger partial charge in [-0.2, -0.15) is 0 Å². The van der Waals surface area contributed by atoms with Crippen LogP contribution in [0.15, 0.2) is 36.8 Å². The van der Waals surface area contributed by atoms with E-state index in [9.17, 15) is 0 Å². The van der Waals surface area contributed by atoms with E-state index in [1.165, 1.54) is 24.1 Å². The Kier molecular flexibility index (Phi) is 3.97. The predicted octanol–water partition coefficient (Wildman–Crippen LogP) is 3.42. The normalized spacial score (nSPS) is 16.2. The van der Waals surface area contributed by atoms with Gasteiger partial charge in [-0.3, -0.25) is 4.90 Å². The second-order valence-electron chi connectivity index (χ2n) is 5.89. The molecular formula is C17H23N3O. The van der Waals surface area contributed by atoms with Gasteiger partial charge in [0.1, 0.15) is 5.75 Å². The van der Waals surface area contributed by atoms with Crippen molar-refractivity contribution in [2.24, 2.45) is 0 Å². The molecule has 1 aliphatic rings. The van der Waals surface area contributed by atoms with Crippen LogP contribution in [-0.2, 0) is 6.54 Å². The van der Waals surface area contributed by atoms with Gasteiger partial charge < -0.3 is 9.30 Å². The summed E-state index contributed by atoms with van der Waals surface area (Å²) in [4.78, 5) is 6.66. The van der Waals surface area contributed by atoms with Crippen LogP contribution in [0.5, 0.6) is 5.75 Å². The van der Waals surface area contributed by atoms with Crippen molar-refractivity contribution in [3.05, 3.63) is 48.0 Å². The molecule has 0 saturated heterocycles. The topological polar surface area (TPSA) is 30.3 Å². The molecule has 4 nitrogen and oxygen atoms in total. The molecule has 0 N–H and O–H groups in total. The van der Waals surface area contributed by atoms with Gasteiger partial charge in [0, 0.05) is 24.8 Å². The largest absolute Gasteiger partial charge is 0.497 e. The predicted molar refractivity (Wildman–Crippen MR) is 83.4 cm³/mol. The van der Waals surface area contributed by atoms with Gasteiger partial charge in [-0.15, -0.1) is 0 Å². The van der Waals surface area contributed by atoms with Gasteiger partial charge in [0.15, 0.2) is 0 Å². The van der Waals surface area contributed by atoms with Crippen molar-refractivity contribution in [3.8, 4) is 5.75 Å². The summed E-state index contributed by atoms with van der Waals surface area (Å²) in [6.07, 6.45) is 6.54. The molecule has 112 valence electrons. The summed E-state index contributed by atoms with van der Waals surface area (Å²) in [6, 6.07) is 9.32. The first kappa shape index (κ1) is 14.1. The standard InChI is InChI=1S/C17H23N3O/c1-13(14-5-4-6-17(9-14)21-3)19(2)11-16-10-18-12-20(16)15-7-8-15/h4-6,9-10,12-13,15H,7-8,11H2,1-3H3/t13-/m1/s1. The minimum atomic E-state index is 0.336. The molecule has 4 heteroatoms. The molecule has 0 unspecified atom stereocenters. The first-order chi connectivity index (χ1) is 10.2. The van der Waals surface area contributed by atoms with E-state index in [0.717, 1.165) is 12.3 Å². The van der Waals surface area contributed by atoms with Gasteiger partial charge in [0.05, 0.1) is 19.1 Å². The molecule has 1 heterocycles. The first-order valence-electron chi connectivity index (χ1n) is 7.54. The van der Waals surface area contributed by atoms with Crippen LogP contribution in [0.3, 0.4) is 0 Å². The minimum absolute atomic E-state index is 0.336. The highest BCUT2D eigenvalue weighted by molar-refractivity contribution is 5.30. The summed E-state index contributed by atoms with van der Waals surface area (Å²) in [5.41, 5.74) is 2.57. The number of imidazole rings is 1. The van der Waals surface area contributed by atoms with E-state index in [1.807, 2.05) is 24.7 Å². The van der Waals surface area contributed by atoms with E-state index in [0.29, 0.717) is 12.1 Å². The Bertz CT molecular complexity index is 604. The molecule has 1 aromatic carbocycles. The summed E-state index contributed by atoms with van der Waals surface area (Å²) in [6.45, 7) is 3.14. The van der Waals surface area contributed by atoms with E-state index in [2.05, 4.69) is 40.6 Å². The van der Waals surface area contributed by atoms with Crippen LogP contribution in [0.1, 0.15) is 43.1 Å². The van der Waals surface area contributed by atoms with Gasteiger partial charge in [0.25, 0.3) is 0 Å². The highest BCUT2D eigenvalue weighted by Gasteiger charge is 2.26. The second kappa shape index (κ2) is 5.90. The SMILES string of the molecule is COc1cccc([C@@H](C)N(C)Cc2cncn2C2CC2)c1. The molecule has 0 spiro atoms. The minimum Gasteiger partial charge on any atom is -0.497 e. The molecule has 0 amide bonds. The van der Waals surface area contributed by atoms with E-state index < -0.39 is 0 Å². The highest BCUT2D eigenvalue weighted by Crippen LogP contribution is 2.36. The number of hydrogen-bond donors (Lipinski definition) is 0. The number of rotatable bonds is 6. The van der Waals surface area contributed by atoms with E-state index >= 15 is 0 Å². The number of methoxy groups -OCH3 is 1. The molecule has 2 aromatic rings. The molecule has 1 aliphatic carbocycles. The number of benzene rings is 1. The van der Waals surface area contributed by atoms with Crippen molar-refractivity contribution in [3.63, 3.8) is 0 Å². The fraction of sp³-hybridized carbons (Fsp3) is 0.471. The smallest absolute Gasteiger partial charge is 0.119 e. The second-order valence-corrected chi connectivity index (χ2v) is 5.89. The van der Waals surface area contributed by atoms with Crippen molar-refractivity contribution < 1.29 is 4.74 Å². The molecule has 0 aliphatic heterocycles. The van der Waals surface area contributed by atoms with Crippen molar-refractivity contribution in [2.75, 3.05) is 14.2 Å². The summed E-state index contributed by atoms with van der Waals surface area (Å²) in [5, 5.41) is 0. The summed E-state index contributed by atoms with van der Waals surface area (Å²) in [7, 11) is 3.87. The lowest BCUT2D eigenvalue weighted by atomic mass is 10.1. The van der Waals surface area contributed by atoms with Crippen LogP contribution in [0, 0.1) is 0 Å². The zero-order chi connectivity index (χ0) is 14.8. The van der Waals surface area contributed by atoms with Crippen molar-refractivity contribution in [1.29, 1.82) is 0 Å². The van der Waals surface area contributed by atoms with Crippen LogP contribution >= 0.6 is 0 Å². The monoisotopic (exact) mass is 285 g/mol. The fourth-order valence-corrected chi connectivity index (χ4v) is 2.68. The third kappa shape index (κ3) is 3.10. The molecular weight excluding hydrogens is 262 g/mol. The Labute approximate surface area is 126 Å². The maximum atomic E-state index is 5.32. The quantitative estimate of drug-likeness (QED) is 0.814. The Morgan fingerprint density at radius 3 is 2.95 bits per heavy atom. The lowest BCUT2D eigenvalue weighted by Gasteiger charge is -2.25. The molecule has 0 bridgehead atoms. The lowest BCUT2D eigenvalue weighted by molar-refractivity contribution is 0.246. The Morgan fingerprint density at radius 1 is 1.43 bits per heavy atom. The Morgan fingerprint density at radius 2 is 2.24 bits per heavy atom. The average molecular weight is 285 g/mol. The van der Waals surface area contributed by atoms with Crippen LogP contribution in [0.25, 0.3) is 0 Å². The Balaban J connectivity index is 1.71.